The number of hydrogen-bond donors (Lipinski definition) is 2. The fourth-order valence-electron chi connectivity index (χ4n) is 3.89. The first-order chi connectivity index (χ1) is 15.6. The van der Waals surface area contributed by atoms with E-state index in [9.17, 15) is 9.59 Å². The van der Waals surface area contributed by atoms with E-state index in [0.717, 1.165) is 36.1 Å². The molecular formula is C26H26ClN3O2. The van der Waals surface area contributed by atoms with E-state index in [2.05, 4.69) is 16.7 Å². The lowest BCUT2D eigenvalue weighted by Crippen LogP contribution is -2.35. The Morgan fingerprint density at radius 2 is 1.72 bits per heavy atom. The first-order valence-corrected chi connectivity index (χ1v) is 11.2. The maximum Gasteiger partial charge on any atom is 0.326 e. The van der Waals surface area contributed by atoms with Gasteiger partial charge in [-0.1, -0.05) is 54.1 Å². The molecule has 6 heteroatoms. The molecule has 4 rings (SSSR count). The molecule has 0 saturated carbocycles. The highest BCUT2D eigenvalue weighted by Crippen LogP contribution is 2.26. The van der Waals surface area contributed by atoms with Gasteiger partial charge in [-0.3, -0.25) is 9.69 Å². The average Bonchev–Trinajstić information content (AvgIpc) is 3.02. The monoisotopic (exact) mass is 447 g/mol. The molecule has 3 aromatic carbocycles. The van der Waals surface area contributed by atoms with Gasteiger partial charge in [0, 0.05) is 29.5 Å². The lowest BCUT2D eigenvalue weighted by Gasteiger charge is -2.23. The average molecular weight is 448 g/mol. The molecule has 1 aliphatic heterocycles. The number of benzene rings is 3. The third-order valence-electron chi connectivity index (χ3n) is 5.55. The van der Waals surface area contributed by atoms with Gasteiger partial charge in [-0.15, -0.1) is 0 Å². The van der Waals surface area contributed by atoms with Gasteiger partial charge in [0.15, 0.2) is 0 Å². The summed E-state index contributed by atoms with van der Waals surface area (Å²) in [6, 6.07) is 22.8. The minimum Gasteiger partial charge on any atom is -0.352 e. The van der Waals surface area contributed by atoms with Crippen LogP contribution < -0.4 is 15.5 Å². The summed E-state index contributed by atoms with van der Waals surface area (Å²) < 4.78 is 0. The number of fused-ring (bicyclic) bond motifs is 1. The number of aryl methyl sites for hydroxylation is 1. The fraction of sp³-hybridized carbons (Fsp3) is 0.231. The molecule has 1 aliphatic rings. The van der Waals surface area contributed by atoms with Crippen molar-refractivity contribution < 1.29 is 9.59 Å². The van der Waals surface area contributed by atoms with Crippen molar-refractivity contribution in [1.82, 2.24) is 5.32 Å². The largest absolute Gasteiger partial charge is 0.352 e. The number of nitrogens with zero attached hydrogens (tertiary/aromatic N) is 1. The Hall–Kier alpha value is -3.31. The number of carbonyl (C=O) groups is 2. The van der Waals surface area contributed by atoms with Crippen LogP contribution in [-0.2, 0) is 24.2 Å². The van der Waals surface area contributed by atoms with Crippen LogP contribution >= 0.6 is 11.6 Å². The molecule has 0 aromatic heterocycles. The van der Waals surface area contributed by atoms with Crippen LogP contribution in [0.4, 0.5) is 16.2 Å². The van der Waals surface area contributed by atoms with Crippen molar-refractivity contribution >= 4 is 34.9 Å². The van der Waals surface area contributed by atoms with Crippen molar-refractivity contribution in [1.29, 1.82) is 0 Å². The molecule has 3 aromatic rings. The van der Waals surface area contributed by atoms with Crippen molar-refractivity contribution in [3.63, 3.8) is 0 Å². The molecule has 2 N–H and O–H groups in total. The van der Waals surface area contributed by atoms with Gasteiger partial charge in [-0.25, -0.2) is 4.79 Å². The predicted octanol–water partition coefficient (Wildman–Crippen LogP) is 5.57. The van der Waals surface area contributed by atoms with Crippen LogP contribution in [0, 0.1) is 0 Å². The van der Waals surface area contributed by atoms with Crippen LogP contribution in [0.2, 0.25) is 5.02 Å². The van der Waals surface area contributed by atoms with Gasteiger partial charge in [-0.2, -0.15) is 0 Å². The topological polar surface area (TPSA) is 61.4 Å². The molecule has 32 heavy (non-hydrogen) atoms. The Morgan fingerprint density at radius 3 is 2.53 bits per heavy atom. The van der Waals surface area contributed by atoms with Crippen LogP contribution in [0.3, 0.4) is 0 Å². The summed E-state index contributed by atoms with van der Waals surface area (Å²) in [5.74, 6) is -0.0667. The summed E-state index contributed by atoms with van der Waals surface area (Å²) in [5.41, 5.74) is 4.74. The maximum absolute atomic E-state index is 12.9. The lowest BCUT2D eigenvalue weighted by molar-refractivity contribution is -0.120. The molecular weight excluding hydrogens is 422 g/mol. The second-order valence-corrected chi connectivity index (χ2v) is 8.38. The highest BCUT2D eigenvalue weighted by Gasteiger charge is 2.20. The number of urea groups is 1. The van der Waals surface area contributed by atoms with Gasteiger partial charge in [0.25, 0.3) is 0 Å². The fourth-order valence-corrected chi connectivity index (χ4v) is 4.11. The van der Waals surface area contributed by atoms with Crippen LogP contribution in [0.5, 0.6) is 0 Å². The van der Waals surface area contributed by atoms with Crippen LogP contribution in [0.15, 0.2) is 72.8 Å². The Kier molecular flexibility index (Phi) is 7.07. The van der Waals surface area contributed by atoms with Gasteiger partial charge in [0.2, 0.25) is 5.91 Å². The molecule has 3 amide bonds. The number of para-hydroxylation sites is 1. The van der Waals surface area contributed by atoms with Crippen molar-refractivity contribution in [3.05, 3.63) is 94.5 Å². The normalized spacial score (nSPS) is 13.1. The van der Waals surface area contributed by atoms with E-state index in [1.807, 2.05) is 65.6 Å². The summed E-state index contributed by atoms with van der Waals surface area (Å²) in [5, 5.41) is 6.54. The van der Waals surface area contributed by atoms with Crippen LogP contribution in [-0.4, -0.2) is 18.5 Å². The number of halogens is 1. The van der Waals surface area contributed by atoms with Crippen molar-refractivity contribution in [2.75, 3.05) is 16.8 Å². The zero-order chi connectivity index (χ0) is 22.3. The zero-order valence-corrected chi connectivity index (χ0v) is 18.6. The number of hydrogen-bond acceptors (Lipinski definition) is 2. The first-order valence-electron chi connectivity index (χ1n) is 10.8. The van der Waals surface area contributed by atoms with Gasteiger partial charge in [-0.05, 0) is 66.3 Å². The third kappa shape index (κ3) is 5.68. The van der Waals surface area contributed by atoms with Crippen LogP contribution in [0.1, 0.15) is 29.5 Å². The molecule has 0 spiro atoms. The SMILES string of the molecule is O=C(Cc1ccc(NC(=O)N2CCCCc3ccccc32)cc1)NCc1cccc(Cl)c1. The number of nitrogens with one attached hydrogen (secondary N) is 2. The molecule has 0 fully saturated rings. The van der Waals surface area contributed by atoms with Gasteiger partial charge >= 0.3 is 6.03 Å². The standard InChI is InChI=1S/C26H26ClN3O2/c27-22-9-5-6-20(16-22)18-28-25(31)17-19-11-13-23(14-12-19)29-26(32)30-15-4-3-8-21-7-1-2-10-24(21)30/h1-2,5-7,9-14,16H,3-4,8,15,17-18H2,(H,28,31)(H,29,32). The molecule has 1 heterocycles. The Labute approximate surface area is 193 Å². The van der Waals surface area contributed by atoms with Crippen molar-refractivity contribution in [3.8, 4) is 0 Å². The molecule has 0 saturated heterocycles. The quantitative estimate of drug-likeness (QED) is 0.536. The van der Waals surface area contributed by atoms with E-state index < -0.39 is 0 Å². The molecule has 0 radical (unpaired) electrons. The summed E-state index contributed by atoms with van der Waals surface area (Å²) in [7, 11) is 0. The lowest BCUT2D eigenvalue weighted by atomic mass is 10.1. The second kappa shape index (κ2) is 10.3. The Morgan fingerprint density at radius 1 is 0.906 bits per heavy atom. The molecule has 164 valence electrons. The van der Waals surface area contributed by atoms with Crippen molar-refractivity contribution in [2.45, 2.75) is 32.2 Å². The summed E-state index contributed by atoms with van der Waals surface area (Å²) >= 11 is 5.98. The zero-order valence-electron chi connectivity index (χ0n) is 17.8. The van der Waals surface area contributed by atoms with E-state index >= 15 is 0 Å². The number of carbonyl (C=O) groups excluding carboxylic acids is 2. The number of anilines is 2. The van der Waals surface area contributed by atoms with E-state index in [1.54, 1.807) is 6.07 Å². The van der Waals surface area contributed by atoms with E-state index in [4.69, 9.17) is 11.6 Å². The maximum atomic E-state index is 12.9. The molecule has 5 nitrogen and oxygen atoms in total. The molecule has 0 aliphatic carbocycles. The predicted molar refractivity (Wildman–Crippen MR) is 129 cm³/mol. The minimum absolute atomic E-state index is 0.0667. The van der Waals surface area contributed by atoms with Gasteiger partial charge < -0.3 is 10.6 Å². The molecule has 0 atom stereocenters. The molecule has 0 bridgehead atoms. The Bertz CT molecular complexity index is 1100. The second-order valence-electron chi connectivity index (χ2n) is 7.95. The summed E-state index contributed by atoms with van der Waals surface area (Å²) in [6.45, 7) is 1.14. The van der Waals surface area contributed by atoms with Gasteiger partial charge in [0.1, 0.15) is 0 Å². The van der Waals surface area contributed by atoms with E-state index in [1.165, 1.54) is 5.56 Å². The summed E-state index contributed by atoms with van der Waals surface area (Å²) in [6.07, 6.45) is 3.32. The smallest absolute Gasteiger partial charge is 0.326 e. The minimum atomic E-state index is -0.133. The van der Waals surface area contributed by atoms with E-state index in [0.29, 0.717) is 23.8 Å². The number of rotatable bonds is 5. The van der Waals surface area contributed by atoms with Crippen LogP contribution in [0.25, 0.3) is 0 Å². The Balaban J connectivity index is 1.32. The van der Waals surface area contributed by atoms with Crippen molar-refractivity contribution in [2.24, 2.45) is 0 Å². The first kappa shape index (κ1) is 21.9. The van der Waals surface area contributed by atoms with E-state index in [-0.39, 0.29) is 18.4 Å². The highest BCUT2D eigenvalue weighted by atomic mass is 35.5. The highest BCUT2D eigenvalue weighted by molar-refractivity contribution is 6.30. The third-order valence-corrected chi connectivity index (χ3v) is 5.79. The van der Waals surface area contributed by atoms with Gasteiger partial charge in [0.05, 0.1) is 6.42 Å². The molecule has 0 unspecified atom stereocenters. The number of amides is 3. The summed E-state index contributed by atoms with van der Waals surface area (Å²) in [4.78, 5) is 27.0.